The summed E-state index contributed by atoms with van der Waals surface area (Å²) in [5.41, 5.74) is 1.15. The molecule has 6 nitrogen and oxygen atoms in total. The van der Waals surface area contributed by atoms with E-state index in [0.717, 1.165) is 11.5 Å². The van der Waals surface area contributed by atoms with Gasteiger partial charge in [0.2, 0.25) is 0 Å². The van der Waals surface area contributed by atoms with Gasteiger partial charge in [0.05, 0.1) is 21.7 Å². The Morgan fingerprint density at radius 3 is 2.73 bits per heavy atom. The van der Waals surface area contributed by atoms with Crippen LogP contribution in [0.1, 0.15) is 29.1 Å². The highest BCUT2D eigenvalue weighted by Crippen LogP contribution is 2.32. The van der Waals surface area contributed by atoms with E-state index in [4.69, 9.17) is 23.2 Å². The van der Waals surface area contributed by atoms with E-state index >= 15 is 0 Å². The fourth-order valence-electron chi connectivity index (χ4n) is 3.17. The van der Waals surface area contributed by atoms with Crippen LogP contribution in [0.4, 0.5) is 0 Å². The molecule has 0 bridgehead atoms. The van der Waals surface area contributed by atoms with Crippen molar-refractivity contribution in [1.82, 2.24) is 24.6 Å². The Morgan fingerprint density at radius 1 is 1.12 bits per heavy atom. The van der Waals surface area contributed by atoms with Crippen molar-refractivity contribution in [3.63, 3.8) is 0 Å². The van der Waals surface area contributed by atoms with Gasteiger partial charge in [-0.15, -0.1) is 10.2 Å². The molecule has 8 heteroatoms. The maximum absolute atomic E-state index is 13.0. The van der Waals surface area contributed by atoms with Crippen molar-refractivity contribution in [2.75, 3.05) is 6.54 Å². The zero-order chi connectivity index (χ0) is 18.3. The maximum Gasteiger partial charge on any atom is 0.256 e. The molecule has 0 aliphatic carbocycles. The average Bonchev–Trinajstić information content (AvgIpc) is 3.09. The van der Waals surface area contributed by atoms with Gasteiger partial charge in [0.1, 0.15) is 5.69 Å². The Hall–Kier alpha value is -2.44. The second-order valence-corrected chi connectivity index (χ2v) is 6.81. The highest BCUT2D eigenvalue weighted by molar-refractivity contribution is 6.43. The number of nitrogens with zero attached hydrogens (tertiary/aromatic N) is 5. The number of rotatable bonds is 2. The molecule has 0 saturated carbocycles. The summed E-state index contributed by atoms with van der Waals surface area (Å²) in [5, 5.41) is 9.22. The van der Waals surface area contributed by atoms with Gasteiger partial charge in [-0.3, -0.25) is 9.78 Å². The summed E-state index contributed by atoms with van der Waals surface area (Å²) in [7, 11) is 0. The van der Waals surface area contributed by atoms with Gasteiger partial charge in [0, 0.05) is 19.3 Å². The number of hydrogen-bond acceptors (Lipinski definition) is 4. The van der Waals surface area contributed by atoms with Crippen LogP contribution in [0, 0.1) is 0 Å². The molecule has 1 atom stereocenters. The zero-order valence-corrected chi connectivity index (χ0v) is 15.4. The van der Waals surface area contributed by atoms with Crippen molar-refractivity contribution in [1.29, 1.82) is 0 Å². The van der Waals surface area contributed by atoms with Crippen LogP contribution < -0.4 is 0 Å². The summed E-state index contributed by atoms with van der Waals surface area (Å²) in [6, 6.07) is 10.5. The largest absolute Gasteiger partial charge is 0.327 e. The van der Waals surface area contributed by atoms with Crippen LogP contribution in [0.5, 0.6) is 0 Å². The second kappa shape index (κ2) is 6.70. The van der Waals surface area contributed by atoms with Crippen LogP contribution >= 0.6 is 23.2 Å². The van der Waals surface area contributed by atoms with Crippen molar-refractivity contribution in [3.8, 4) is 11.5 Å². The number of halogens is 2. The molecular weight excluding hydrogens is 373 g/mol. The third-order valence-electron chi connectivity index (χ3n) is 4.52. The number of pyridine rings is 1. The maximum atomic E-state index is 13.0. The topological polar surface area (TPSA) is 63.9 Å². The molecule has 26 heavy (non-hydrogen) atoms. The fraction of sp³-hybridized carbons (Fsp3) is 0.222. The average molecular weight is 388 g/mol. The first kappa shape index (κ1) is 17.0. The van der Waals surface area contributed by atoms with Crippen LogP contribution in [-0.4, -0.2) is 37.1 Å². The Balaban J connectivity index is 1.67. The third kappa shape index (κ3) is 2.75. The molecule has 1 amide bonds. The molecule has 0 fully saturated rings. The lowest BCUT2D eigenvalue weighted by Crippen LogP contribution is -2.41. The molecule has 0 spiro atoms. The van der Waals surface area contributed by atoms with Gasteiger partial charge in [0.25, 0.3) is 5.91 Å². The second-order valence-electron chi connectivity index (χ2n) is 6.02. The summed E-state index contributed by atoms with van der Waals surface area (Å²) in [5.74, 6) is 1.27. The first-order valence-electron chi connectivity index (χ1n) is 8.17. The number of carbonyl (C=O) groups excluding carboxylic acids is 1. The van der Waals surface area contributed by atoms with Gasteiger partial charge < -0.3 is 9.47 Å². The fourth-order valence-corrected chi connectivity index (χ4v) is 3.55. The van der Waals surface area contributed by atoms with Crippen LogP contribution in [-0.2, 0) is 6.54 Å². The minimum absolute atomic E-state index is 0.168. The van der Waals surface area contributed by atoms with Crippen molar-refractivity contribution in [3.05, 3.63) is 64.0 Å². The molecule has 0 N–H and O–H groups in total. The Kier molecular flexibility index (Phi) is 4.38. The quantitative estimate of drug-likeness (QED) is 0.669. The van der Waals surface area contributed by atoms with Crippen molar-refractivity contribution >= 4 is 29.1 Å². The predicted molar refractivity (Wildman–Crippen MR) is 99.2 cm³/mol. The SMILES string of the molecule is C[C@H]1c2nnc(-c3ccccn3)n2CCN1C(=O)c1cccc(Cl)c1Cl. The highest BCUT2D eigenvalue weighted by Gasteiger charge is 2.33. The van der Waals surface area contributed by atoms with Gasteiger partial charge in [-0.05, 0) is 31.2 Å². The number of carbonyl (C=O) groups is 1. The normalized spacial score (nSPS) is 16.4. The number of hydrogen-bond donors (Lipinski definition) is 0. The monoisotopic (exact) mass is 387 g/mol. The number of fused-ring (bicyclic) bond motifs is 1. The summed E-state index contributed by atoms with van der Waals surface area (Å²) < 4.78 is 2.01. The summed E-state index contributed by atoms with van der Waals surface area (Å²) in [6.45, 7) is 3.04. The Morgan fingerprint density at radius 2 is 1.96 bits per heavy atom. The van der Waals surface area contributed by atoms with E-state index in [9.17, 15) is 4.79 Å². The van der Waals surface area contributed by atoms with Crippen LogP contribution in [0.25, 0.3) is 11.5 Å². The van der Waals surface area contributed by atoms with Crippen molar-refractivity contribution < 1.29 is 4.79 Å². The zero-order valence-electron chi connectivity index (χ0n) is 13.9. The molecule has 0 saturated heterocycles. The van der Waals surface area contributed by atoms with E-state index in [2.05, 4.69) is 15.2 Å². The molecule has 0 unspecified atom stereocenters. The molecular formula is C18H15Cl2N5O. The van der Waals surface area contributed by atoms with E-state index in [0.29, 0.717) is 29.5 Å². The lowest BCUT2D eigenvalue weighted by Gasteiger charge is -2.34. The van der Waals surface area contributed by atoms with E-state index in [1.165, 1.54) is 0 Å². The van der Waals surface area contributed by atoms with E-state index < -0.39 is 0 Å². The minimum Gasteiger partial charge on any atom is -0.327 e. The van der Waals surface area contributed by atoms with Crippen LogP contribution in [0.3, 0.4) is 0 Å². The molecule has 1 aliphatic rings. The van der Waals surface area contributed by atoms with Crippen LogP contribution in [0.15, 0.2) is 42.6 Å². The van der Waals surface area contributed by atoms with Gasteiger partial charge >= 0.3 is 0 Å². The van der Waals surface area contributed by atoms with Gasteiger partial charge in [-0.2, -0.15) is 0 Å². The lowest BCUT2D eigenvalue weighted by atomic mass is 10.1. The molecule has 0 radical (unpaired) electrons. The molecule has 3 heterocycles. The van der Waals surface area contributed by atoms with E-state index in [1.807, 2.05) is 29.7 Å². The van der Waals surface area contributed by atoms with Gasteiger partial charge in [0.15, 0.2) is 11.6 Å². The van der Waals surface area contributed by atoms with Gasteiger partial charge in [-0.25, -0.2) is 0 Å². The van der Waals surface area contributed by atoms with E-state index in [1.54, 1.807) is 29.3 Å². The molecule has 1 aromatic carbocycles. The predicted octanol–water partition coefficient (Wildman–Crippen LogP) is 3.86. The van der Waals surface area contributed by atoms with E-state index in [-0.39, 0.29) is 17.0 Å². The van der Waals surface area contributed by atoms with Crippen LogP contribution in [0.2, 0.25) is 10.0 Å². The van der Waals surface area contributed by atoms with Gasteiger partial charge in [-0.1, -0.05) is 35.3 Å². The molecule has 3 aromatic rings. The first-order valence-corrected chi connectivity index (χ1v) is 8.93. The lowest BCUT2D eigenvalue weighted by molar-refractivity contribution is 0.0638. The summed E-state index contributed by atoms with van der Waals surface area (Å²) in [4.78, 5) is 19.1. The smallest absolute Gasteiger partial charge is 0.256 e. The first-order chi connectivity index (χ1) is 12.6. The molecule has 1 aliphatic heterocycles. The minimum atomic E-state index is -0.240. The summed E-state index contributed by atoms with van der Waals surface area (Å²) >= 11 is 12.3. The molecule has 132 valence electrons. The number of benzene rings is 1. The summed E-state index contributed by atoms with van der Waals surface area (Å²) in [6.07, 6.45) is 1.72. The molecule has 4 rings (SSSR count). The third-order valence-corrected chi connectivity index (χ3v) is 5.34. The molecule has 2 aromatic heterocycles. The highest BCUT2D eigenvalue weighted by atomic mass is 35.5. The van der Waals surface area contributed by atoms with Crippen molar-refractivity contribution in [2.24, 2.45) is 0 Å². The standard InChI is InChI=1S/C18H15Cl2N5O/c1-11-16-22-23-17(14-7-2-3-8-21-14)25(16)10-9-24(11)18(26)12-5-4-6-13(19)15(12)20/h2-8,11H,9-10H2,1H3/t11-/m0/s1. The Bertz CT molecular complexity index is 973. The Labute approximate surface area is 160 Å². The number of aromatic nitrogens is 4. The van der Waals surface area contributed by atoms with Crippen molar-refractivity contribution in [2.45, 2.75) is 19.5 Å². The number of amides is 1.